The predicted octanol–water partition coefficient (Wildman–Crippen LogP) is 5.42. The third-order valence-electron chi connectivity index (χ3n) is 3.79. The predicted molar refractivity (Wildman–Crippen MR) is 99.1 cm³/mol. The normalized spacial score (nSPS) is 16.1. The highest BCUT2D eigenvalue weighted by atomic mass is 35.5. The summed E-state index contributed by atoms with van der Waals surface area (Å²) in [5.41, 5.74) is 3.15. The SMILES string of the molecule is Cl.c1ccc(C2N=NN(c3ccccc3)N2c2ccccc2)cc1. The van der Waals surface area contributed by atoms with Gasteiger partial charge in [0.15, 0.2) is 6.17 Å². The molecule has 0 aromatic heterocycles. The summed E-state index contributed by atoms with van der Waals surface area (Å²) in [6.07, 6.45) is -0.168. The molecule has 0 bridgehead atoms. The molecule has 1 unspecified atom stereocenters. The van der Waals surface area contributed by atoms with Crippen LogP contribution in [0.4, 0.5) is 11.4 Å². The van der Waals surface area contributed by atoms with E-state index < -0.39 is 0 Å². The highest BCUT2D eigenvalue weighted by Gasteiger charge is 2.32. The van der Waals surface area contributed by atoms with Crippen molar-refractivity contribution in [1.29, 1.82) is 0 Å². The smallest absolute Gasteiger partial charge is 0.190 e. The van der Waals surface area contributed by atoms with E-state index in [-0.39, 0.29) is 18.6 Å². The van der Waals surface area contributed by atoms with Crippen molar-refractivity contribution in [2.24, 2.45) is 10.3 Å². The minimum atomic E-state index is -0.168. The van der Waals surface area contributed by atoms with Gasteiger partial charge in [0.25, 0.3) is 0 Å². The largest absolute Gasteiger partial charge is 0.233 e. The Morgan fingerprint density at radius 2 is 1.12 bits per heavy atom. The van der Waals surface area contributed by atoms with Gasteiger partial charge in [-0.15, -0.1) is 17.5 Å². The molecule has 0 N–H and O–H groups in total. The highest BCUT2D eigenvalue weighted by molar-refractivity contribution is 5.85. The van der Waals surface area contributed by atoms with Crippen LogP contribution in [0.1, 0.15) is 11.7 Å². The Balaban J connectivity index is 0.00000169. The Hall–Kier alpha value is -2.85. The van der Waals surface area contributed by atoms with Gasteiger partial charge < -0.3 is 0 Å². The van der Waals surface area contributed by atoms with E-state index in [1.165, 1.54) is 0 Å². The van der Waals surface area contributed by atoms with Crippen LogP contribution in [-0.2, 0) is 0 Å². The molecule has 3 aromatic rings. The second kappa shape index (κ2) is 7.15. The van der Waals surface area contributed by atoms with Gasteiger partial charge in [-0.05, 0) is 29.5 Å². The molecule has 5 heteroatoms. The summed E-state index contributed by atoms with van der Waals surface area (Å²) in [6.45, 7) is 0. The second-order valence-corrected chi connectivity index (χ2v) is 5.29. The molecule has 1 atom stereocenters. The topological polar surface area (TPSA) is 31.2 Å². The van der Waals surface area contributed by atoms with Crippen LogP contribution in [0.3, 0.4) is 0 Å². The van der Waals surface area contributed by atoms with Crippen LogP contribution in [0.15, 0.2) is 101 Å². The molecule has 24 heavy (non-hydrogen) atoms. The van der Waals surface area contributed by atoms with Crippen molar-refractivity contribution < 1.29 is 0 Å². The molecule has 120 valence electrons. The Morgan fingerprint density at radius 3 is 1.71 bits per heavy atom. The van der Waals surface area contributed by atoms with Crippen molar-refractivity contribution in [3.63, 3.8) is 0 Å². The molecule has 4 nitrogen and oxygen atoms in total. The van der Waals surface area contributed by atoms with Crippen LogP contribution >= 0.6 is 12.4 Å². The van der Waals surface area contributed by atoms with E-state index in [2.05, 4.69) is 39.6 Å². The number of hydrazine groups is 1. The van der Waals surface area contributed by atoms with Crippen molar-refractivity contribution in [1.82, 2.24) is 0 Å². The summed E-state index contributed by atoms with van der Waals surface area (Å²) < 4.78 is 0. The Kier molecular flexibility index (Phi) is 4.77. The highest BCUT2D eigenvalue weighted by Crippen LogP contribution is 2.37. The summed E-state index contributed by atoms with van der Waals surface area (Å²) in [5, 5.41) is 12.9. The van der Waals surface area contributed by atoms with Gasteiger partial charge >= 0.3 is 0 Å². The van der Waals surface area contributed by atoms with E-state index in [1.54, 1.807) is 0 Å². The fourth-order valence-corrected chi connectivity index (χ4v) is 2.70. The van der Waals surface area contributed by atoms with Crippen LogP contribution in [-0.4, -0.2) is 0 Å². The zero-order valence-corrected chi connectivity index (χ0v) is 13.8. The molecule has 1 aliphatic heterocycles. The first-order chi connectivity index (χ1) is 11.4. The van der Waals surface area contributed by atoms with Crippen molar-refractivity contribution >= 4 is 23.8 Å². The number of nitrogens with zero attached hydrogens (tertiary/aromatic N) is 4. The quantitative estimate of drug-likeness (QED) is 0.639. The average molecular weight is 337 g/mol. The molecule has 0 saturated heterocycles. The number of benzene rings is 3. The standard InChI is InChI=1S/C19H16N4.ClH/c1-4-10-16(11-5-1)19-20-21-23(18-14-8-3-9-15-18)22(19)17-12-6-2-7-13-17;/h1-15,19H;1H. The maximum atomic E-state index is 4.50. The van der Waals surface area contributed by atoms with Crippen LogP contribution in [0.5, 0.6) is 0 Å². The summed E-state index contributed by atoms with van der Waals surface area (Å²) in [5.74, 6) is 0. The second-order valence-electron chi connectivity index (χ2n) is 5.29. The van der Waals surface area contributed by atoms with Crippen LogP contribution < -0.4 is 10.1 Å². The first kappa shape index (κ1) is 16.0. The third-order valence-corrected chi connectivity index (χ3v) is 3.79. The first-order valence-corrected chi connectivity index (χ1v) is 7.58. The summed E-state index contributed by atoms with van der Waals surface area (Å²) in [4.78, 5) is 0. The fourth-order valence-electron chi connectivity index (χ4n) is 2.70. The van der Waals surface area contributed by atoms with E-state index in [9.17, 15) is 0 Å². The van der Waals surface area contributed by atoms with Gasteiger partial charge in [-0.25, -0.2) is 5.01 Å². The lowest BCUT2D eigenvalue weighted by atomic mass is 10.1. The molecule has 4 rings (SSSR count). The molecule has 0 aliphatic carbocycles. The van der Waals surface area contributed by atoms with Gasteiger partial charge in [0.05, 0.1) is 11.4 Å². The molecule has 1 heterocycles. The molecule has 3 aromatic carbocycles. The van der Waals surface area contributed by atoms with Crippen LogP contribution in [0.25, 0.3) is 0 Å². The number of anilines is 2. The zero-order chi connectivity index (χ0) is 15.5. The molecular weight excluding hydrogens is 320 g/mol. The van der Waals surface area contributed by atoms with Crippen molar-refractivity contribution in [3.8, 4) is 0 Å². The van der Waals surface area contributed by atoms with Gasteiger partial charge in [-0.1, -0.05) is 66.7 Å². The monoisotopic (exact) mass is 336 g/mol. The maximum Gasteiger partial charge on any atom is 0.190 e. The fraction of sp³-hybridized carbons (Fsp3) is 0.0526. The molecule has 0 fully saturated rings. The van der Waals surface area contributed by atoms with E-state index in [0.717, 1.165) is 16.9 Å². The van der Waals surface area contributed by atoms with Crippen molar-refractivity contribution in [2.45, 2.75) is 6.17 Å². The summed E-state index contributed by atoms with van der Waals surface area (Å²) in [6, 6.07) is 30.5. The molecule has 0 spiro atoms. The van der Waals surface area contributed by atoms with E-state index in [1.807, 2.05) is 71.8 Å². The molecule has 0 radical (unpaired) electrons. The lowest BCUT2D eigenvalue weighted by Crippen LogP contribution is -2.37. The minimum Gasteiger partial charge on any atom is -0.233 e. The van der Waals surface area contributed by atoms with Crippen LogP contribution in [0, 0.1) is 0 Å². The first-order valence-electron chi connectivity index (χ1n) is 7.58. The number of rotatable bonds is 3. The Bertz CT molecular complexity index is 744. The zero-order valence-electron chi connectivity index (χ0n) is 12.9. The number of hydrogen-bond acceptors (Lipinski definition) is 4. The van der Waals surface area contributed by atoms with Crippen molar-refractivity contribution in [3.05, 3.63) is 96.6 Å². The van der Waals surface area contributed by atoms with Gasteiger partial charge in [-0.3, -0.25) is 0 Å². The lowest BCUT2D eigenvalue weighted by Gasteiger charge is -2.31. The number of para-hydroxylation sites is 2. The molecular formula is C19H17ClN4. The molecule has 0 saturated carbocycles. The average Bonchev–Trinajstić information content (AvgIpc) is 3.09. The van der Waals surface area contributed by atoms with Crippen LogP contribution in [0.2, 0.25) is 0 Å². The van der Waals surface area contributed by atoms with Gasteiger partial charge in [0.1, 0.15) is 0 Å². The van der Waals surface area contributed by atoms with Gasteiger partial charge in [0, 0.05) is 5.56 Å². The van der Waals surface area contributed by atoms with E-state index in [4.69, 9.17) is 0 Å². The third kappa shape index (κ3) is 2.96. The van der Waals surface area contributed by atoms with E-state index >= 15 is 0 Å². The number of halogens is 1. The minimum absolute atomic E-state index is 0. The summed E-state index contributed by atoms with van der Waals surface area (Å²) >= 11 is 0. The number of hydrogen-bond donors (Lipinski definition) is 0. The lowest BCUT2D eigenvalue weighted by molar-refractivity contribution is 0.705. The van der Waals surface area contributed by atoms with Gasteiger partial charge in [0.2, 0.25) is 0 Å². The molecule has 1 aliphatic rings. The van der Waals surface area contributed by atoms with E-state index in [0.29, 0.717) is 0 Å². The van der Waals surface area contributed by atoms with Gasteiger partial charge in [-0.2, -0.15) is 5.12 Å². The Labute approximate surface area is 147 Å². The maximum absolute atomic E-state index is 4.50. The molecule has 0 amide bonds. The summed E-state index contributed by atoms with van der Waals surface area (Å²) in [7, 11) is 0. The van der Waals surface area contributed by atoms with Crippen molar-refractivity contribution in [2.75, 3.05) is 10.1 Å². The Morgan fingerprint density at radius 1 is 0.625 bits per heavy atom.